The summed E-state index contributed by atoms with van der Waals surface area (Å²) in [6.45, 7) is 5.00. The van der Waals surface area contributed by atoms with Crippen LogP contribution in [0.3, 0.4) is 0 Å². The minimum Gasteiger partial charge on any atom is -0.309 e. The van der Waals surface area contributed by atoms with Crippen molar-refractivity contribution in [1.82, 2.24) is 4.90 Å². The Morgan fingerprint density at radius 2 is 2.16 bits per heavy atom. The van der Waals surface area contributed by atoms with Gasteiger partial charge in [0, 0.05) is 13.1 Å². The Hall–Kier alpha value is -1.37. The second kappa shape index (κ2) is 6.18. The molecule has 2 rings (SSSR count). The molecule has 1 fully saturated rings. The molecule has 2 N–H and O–H groups in total. The monoisotopic (exact) mass is 257 g/mol. The predicted molar refractivity (Wildman–Crippen MR) is 77.4 cm³/mol. The van der Waals surface area contributed by atoms with Gasteiger partial charge in [0.15, 0.2) is 0 Å². The molecule has 2 unspecified atom stereocenters. The van der Waals surface area contributed by atoms with Crippen LogP contribution < -0.4 is 5.73 Å². The van der Waals surface area contributed by atoms with E-state index in [0.717, 1.165) is 24.6 Å². The number of likely N-dealkylation sites (tertiary alicyclic amines) is 1. The summed E-state index contributed by atoms with van der Waals surface area (Å²) in [5.41, 5.74) is 6.35. The Kier molecular flexibility index (Phi) is 4.57. The lowest BCUT2D eigenvalue weighted by Gasteiger charge is -2.36. The fourth-order valence-corrected chi connectivity index (χ4v) is 2.91. The molecule has 0 bridgehead atoms. The Balaban J connectivity index is 2.09. The van der Waals surface area contributed by atoms with Gasteiger partial charge in [0.25, 0.3) is 0 Å². The third kappa shape index (κ3) is 3.34. The topological polar surface area (TPSA) is 53.0 Å². The van der Waals surface area contributed by atoms with E-state index in [4.69, 9.17) is 5.73 Å². The molecule has 3 nitrogen and oxygen atoms in total. The highest BCUT2D eigenvalue weighted by molar-refractivity contribution is 5.31. The first kappa shape index (κ1) is 14.0. The van der Waals surface area contributed by atoms with E-state index in [1.807, 2.05) is 30.3 Å². The number of piperidine rings is 1. The Morgan fingerprint density at radius 3 is 2.79 bits per heavy atom. The lowest BCUT2D eigenvalue weighted by molar-refractivity contribution is 0.150. The van der Waals surface area contributed by atoms with Crippen LogP contribution in [0.25, 0.3) is 0 Å². The highest BCUT2D eigenvalue weighted by Crippen LogP contribution is 2.24. The molecule has 102 valence electrons. The zero-order valence-corrected chi connectivity index (χ0v) is 11.7. The first-order valence-electron chi connectivity index (χ1n) is 7.16. The van der Waals surface area contributed by atoms with Gasteiger partial charge in [0.05, 0.1) is 6.07 Å². The molecule has 0 saturated carbocycles. The number of nitrogens with two attached hydrogens (primary N) is 1. The molecule has 1 heterocycles. The van der Waals surface area contributed by atoms with E-state index in [9.17, 15) is 5.26 Å². The zero-order chi connectivity index (χ0) is 13.7. The highest BCUT2D eigenvalue weighted by Gasteiger charge is 2.31. The lowest BCUT2D eigenvalue weighted by atomic mass is 9.89. The third-order valence-corrected chi connectivity index (χ3v) is 4.14. The van der Waals surface area contributed by atoms with Crippen molar-refractivity contribution in [3.63, 3.8) is 0 Å². The smallest absolute Gasteiger partial charge is 0.142 e. The van der Waals surface area contributed by atoms with E-state index in [0.29, 0.717) is 6.54 Å². The van der Waals surface area contributed by atoms with Crippen LogP contribution in [-0.2, 0) is 5.54 Å². The maximum Gasteiger partial charge on any atom is 0.142 e. The van der Waals surface area contributed by atoms with Crippen molar-refractivity contribution in [2.75, 3.05) is 19.6 Å². The summed E-state index contributed by atoms with van der Waals surface area (Å²) in [5.74, 6) is 0.757. The largest absolute Gasteiger partial charge is 0.309 e. The average Bonchev–Trinajstić information content (AvgIpc) is 2.48. The Labute approximate surface area is 116 Å². The van der Waals surface area contributed by atoms with E-state index in [2.05, 4.69) is 17.9 Å². The van der Waals surface area contributed by atoms with Crippen LogP contribution >= 0.6 is 0 Å². The van der Waals surface area contributed by atoms with Crippen LogP contribution in [0.1, 0.15) is 31.7 Å². The van der Waals surface area contributed by atoms with Crippen molar-refractivity contribution in [1.29, 1.82) is 5.26 Å². The minimum atomic E-state index is -0.892. The molecular formula is C16H23N3. The summed E-state index contributed by atoms with van der Waals surface area (Å²) in [5, 5.41) is 9.49. The number of rotatable bonds is 4. The number of nitriles is 1. The summed E-state index contributed by atoms with van der Waals surface area (Å²) in [6.07, 6.45) is 3.74. The van der Waals surface area contributed by atoms with E-state index >= 15 is 0 Å². The first-order valence-corrected chi connectivity index (χ1v) is 7.16. The van der Waals surface area contributed by atoms with Gasteiger partial charge < -0.3 is 5.73 Å². The number of hydrogen-bond acceptors (Lipinski definition) is 3. The molecule has 0 aromatic heterocycles. The van der Waals surface area contributed by atoms with Crippen molar-refractivity contribution in [3.05, 3.63) is 35.9 Å². The van der Waals surface area contributed by atoms with Gasteiger partial charge in [-0.25, -0.2) is 0 Å². The van der Waals surface area contributed by atoms with Crippen LogP contribution in [0.4, 0.5) is 0 Å². The molecule has 0 amide bonds. The maximum atomic E-state index is 9.49. The molecule has 3 heteroatoms. The van der Waals surface area contributed by atoms with Crippen molar-refractivity contribution < 1.29 is 0 Å². The molecule has 19 heavy (non-hydrogen) atoms. The van der Waals surface area contributed by atoms with Gasteiger partial charge in [-0.15, -0.1) is 0 Å². The molecule has 1 saturated heterocycles. The van der Waals surface area contributed by atoms with E-state index < -0.39 is 5.54 Å². The van der Waals surface area contributed by atoms with Crippen LogP contribution in [0, 0.1) is 17.2 Å². The van der Waals surface area contributed by atoms with Crippen LogP contribution in [0.5, 0.6) is 0 Å². The molecule has 0 spiro atoms. The van der Waals surface area contributed by atoms with Crippen molar-refractivity contribution in [2.45, 2.75) is 31.7 Å². The molecular weight excluding hydrogens is 234 g/mol. The SMILES string of the molecule is CCC1CCCN(CC(N)(C#N)c2ccccc2)C1. The molecule has 2 atom stereocenters. The molecule has 1 aliphatic heterocycles. The summed E-state index contributed by atoms with van der Waals surface area (Å²) in [4.78, 5) is 2.36. The summed E-state index contributed by atoms with van der Waals surface area (Å²) < 4.78 is 0. The van der Waals surface area contributed by atoms with Crippen LogP contribution in [-0.4, -0.2) is 24.5 Å². The van der Waals surface area contributed by atoms with Gasteiger partial charge in [-0.2, -0.15) is 5.26 Å². The van der Waals surface area contributed by atoms with Gasteiger partial charge >= 0.3 is 0 Å². The van der Waals surface area contributed by atoms with E-state index in [1.54, 1.807) is 0 Å². The Morgan fingerprint density at radius 1 is 1.42 bits per heavy atom. The normalized spacial score (nSPS) is 23.5. The second-order valence-corrected chi connectivity index (χ2v) is 5.60. The fourth-order valence-electron chi connectivity index (χ4n) is 2.91. The second-order valence-electron chi connectivity index (χ2n) is 5.60. The summed E-state index contributed by atoms with van der Waals surface area (Å²) in [7, 11) is 0. The quantitative estimate of drug-likeness (QED) is 0.901. The highest BCUT2D eigenvalue weighted by atomic mass is 15.2. The number of nitrogens with zero attached hydrogens (tertiary/aromatic N) is 2. The predicted octanol–water partition coefficient (Wildman–Crippen LogP) is 2.49. The van der Waals surface area contributed by atoms with E-state index in [1.165, 1.54) is 19.3 Å². The first-order chi connectivity index (χ1) is 9.18. The lowest BCUT2D eigenvalue weighted by Crippen LogP contribution is -2.49. The van der Waals surface area contributed by atoms with Crippen molar-refractivity contribution in [3.8, 4) is 6.07 Å². The standard InChI is InChI=1S/C16H23N3/c1-2-14-7-6-10-19(11-14)13-16(18,12-17)15-8-4-3-5-9-15/h3-5,8-9,14H,2,6-7,10-11,13,18H2,1H3. The van der Waals surface area contributed by atoms with Gasteiger partial charge in [0.2, 0.25) is 0 Å². The molecule has 0 radical (unpaired) electrons. The summed E-state index contributed by atoms with van der Waals surface area (Å²) in [6, 6.07) is 12.0. The zero-order valence-electron chi connectivity index (χ0n) is 11.7. The van der Waals surface area contributed by atoms with Gasteiger partial charge in [-0.3, -0.25) is 4.90 Å². The maximum absolute atomic E-state index is 9.49. The third-order valence-electron chi connectivity index (χ3n) is 4.14. The Bertz CT molecular complexity index is 437. The molecule has 1 aromatic carbocycles. The molecule has 1 aliphatic rings. The van der Waals surface area contributed by atoms with Crippen molar-refractivity contribution in [2.24, 2.45) is 11.7 Å². The van der Waals surface area contributed by atoms with Gasteiger partial charge in [-0.05, 0) is 30.9 Å². The van der Waals surface area contributed by atoms with Crippen LogP contribution in [0.15, 0.2) is 30.3 Å². The minimum absolute atomic E-state index is 0.629. The number of hydrogen-bond donors (Lipinski definition) is 1. The van der Waals surface area contributed by atoms with Crippen LogP contribution in [0.2, 0.25) is 0 Å². The van der Waals surface area contributed by atoms with Gasteiger partial charge in [-0.1, -0.05) is 43.7 Å². The van der Waals surface area contributed by atoms with Gasteiger partial charge in [0.1, 0.15) is 5.54 Å². The van der Waals surface area contributed by atoms with E-state index in [-0.39, 0.29) is 0 Å². The fraction of sp³-hybridized carbons (Fsp3) is 0.562. The molecule has 1 aromatic rings. The summed E-state index contributed by atoms with van der Waals surface area (Å²) >= 11 is 0. The number of benzene rings is 1. The molecule has 0 aliphatic carbocycles. The van der Waals surface area contributed by atoms with Crippen molar-refractivity contribution >= 4 is 0 Å². The average molecular weight is 257 g/mol.